The van der Waals surface area contributed by atoms with Crippen LogP contribution in [0.3, 0.4) is 0 Å². The first-order chi connectivity index (χ1) is 12.2. The van der Waals surface area contributed by atoms with Gasteiger partial charge in [-0.1, -0.05) is 5.16 Å². The highest BCUT2D eigenvalue weighted by atomic mass is 32.1. The van der Waals surface area contributed by atoms with Crippen LogP contribution in [-0.4, -0.2) is 38.1 Å². The van der Waals surface area contributed by atoms with Crippen LogP contribution in [0.5, 0.6) is 0 Å². The maximum absolute atomic E-state index is 12.2. The van der Waals surface area contributed by atoms with Crippen molar-refractivity contribution in [2.45, 2.75) is 13.2 Å². The molecule has 0 fully saturated rings. The van der Waals surface area contributed by atoms with Crippen molar-refractivity contribution in [1.82, 2.24) is 20.0 Å². The molecule has 3 heterocycles. The number of likely N-dealkylation sites (N-methyl/N-ethyl adjacent to an activating group) is 1. The van der Waals surface area contributed by atoms with Crippen LogP contribution in [0.15, 0.2) is 46.6 Å². The molecule has 0 saturated heterocycles. The molecule has 1 amide bonds. The van der Waals surface area contributed by atoms with Crippen LogP contribution in [0.25, 0.3) is 17.5 Å². The van der Waals surface area contributed by atoms with E-state index in [1.165, 1.54) is 22.3 Å². The summed E-state index contributed by atoms with van der Waals surface area (Å²) in [5, 5.41) is 14.8. The van der Waals surface area contributed by atoms with Crippen LogP contribution in [0.1, 0.15) is 16.3 Å². The van der Waals surface area contributed by atoms with Crippen molar-refractivity contribution in [2.75, 3.05) is 7.05 Å². The maximum atomic E-state index is 12.2. The number of amides is 1. The second kappa shape index (κ2) is 7.82. The largest absolute Gasteiger partial charge is 0.392 e. The second-order valence-electron chi connectivity index (χ2n) is 5.29. The number of aromatic nitrogens is 3. The monoisotopic (exact) mass is 356 g/mol. The van der Waals surface area contributed by atoms with Crippen LogP contribution >= 0.6 is 11.3 Å². The van der Waals surface area contributed by atoms with Gasteiger partial charge in [-0.25, -0.2) is 0 Å². The minimum atomic E-state index is -0.178. The summed E-state index contributed by atoms with van der Waals surface area (Å²) in [5.74, 6) is 0.640. The van der Waals surface area contributed by atoms with Crippen LogP contribution in [-0.2, 0) is 17.9 Å². The van der Waals surface area contributed by atoms with Crippen molar-refractivity contribution in [3.8, 4) is 11.4 Å². The SMILES string of the molecule is CN(Cc1nc(-c2ccncc2)no1)C(=O)C=Cc1cc(CO)cs1. The number of hydrogen-bond acceptors (Lipinski definition) is 7. The third-order valence-corrected chi connectivity index (χ3v) is 4.35. The third kappa shape index (κ3) is 4.37. The molecule has 0 radical (unpaired) electrons. The Hall–Kier alpha value is -2.84. The van der Waals surface area contributed by atoms with Crippen LogP contribution in [0, 0.1) is 0 Å². The fourth-order valence-electron chi connectivity index (χ4n) is 2.06. The van der Waals surface area contributed by atoms with Crippen LogP contribution in [0.4, 0.5) is 0 Å². The lowest BCUT2D eigenvalue weighted by Crippen LogP contribution is -2.24. The first-order valence-corrected chi connectivity index (χ1v) is 8.38. The Labute approximate surface area is 148 Å². The number of rotatable bonds is 6. The molecule has 0 aliphatic rings. The van der Waals surface area contributed by atoms with Crippen molar-refractivity contribution in [1.29, 1.82) is 0 Å². The first kappa shape index (κ1) is 17.0. The van der Waals surface area contributed by atoms with Gasteiger partial charge in [0.25, 0.3) is 0 Å². The highest BCUT2D eigenvalue weighted by Gasteiger charge is 2.13. The van der Waals surface area contributed by atoms with Gasteiger partial charge in [0.2, 0.25) is 17.6 Å². The summed E-state index contributed by atoms with van der Waals surface area (Å²) in [7, 11) is 1.66. The van der Waals surface area contributed by atoms with Crippen molar-refractivity contribution >= 4 is 23.3 Å². The average Bonchev–Trinajstić information content (AvgIpc) is 3.29. The quantitative estimate of drug-likeness (QED) is 0.682. The Balaban J connectivity index is 1.61. The van der Waals surface area contributed by atoms with Gasteiger partial charge in [0, 0.05) is 36.0 Å². The number of carbonyl (C=O) groups excluding carboxylic acids is 1. The van der Waals surface area contributed by atoms with Gasteiger partial charge in [0.05, 0.1) is 13.2 Å². The molecule has 0 bridgehead atoms. The molecule has 0 spiro atoms. The predicted molar refractivity (Wildman–Crippen MR) is 93.3 cm³/mol. The number of hydrogen-bond donors (Lipinski definition) is 1. The molecule has 3 aromatic rings. The molecule has 7 nitrogen and oxygen atoms in total. The standard InChI is InChI=1S/C17H16N4O3S/c1-21(16(23)3-2-14-8-12(10-22)11-25-14)9-15-19-17(20-24-15)13-4-6-18-7-5-13/h2-8,11,22H,9-10H2,1H3. The number of aliphatic hydroxyl groups is 1. The van der Waals surface area contributed by atoms with Gasteiger partial charge in [-0.3, -0.25) is 9.78 Å². The molecular weight excluding hydrogens is 340 g/mol. The molecular formula is C17H16N4O3S. The van der Waals surface area contributed by atoms with Gasteiger partial charge in [-0.2, -0.15) is 4.98 Å². The van der Waals surface area contributed by atoms with Gasteiger partial charge in [0.15, 0.2) is 0 Å². The van der Waals surface area contributed by atoms with Gasteiger partial charge >= 0.3 is 0 Å². The number of thiophene rings is 1. The van der Waals surface area contributed by atoms with Crippen molar-refractivity contribution < 1.29 is 14.4 Å². The zero-order valence-electron chi connectivity index (χ0n) is 13.5. The summed E-state index contributed by atoms with van der Waals surface area (Å²) in [5.41, 5.74) is 1.64. The minimum Gasteiger partial charge on any atom is -0.392 e. The molecule has 0 unspecified atom stereocenters. The lowest BCUT2D eigenvalue weighted by Gasteiger charge is -2.11. The molecule has 8 heteroatoms. The molecule has 25 heavy (non-hydrogen) atoms. The number of carbonyl (C=O) groups is 1. The van der Waals surface area contributed by atoms with E-state index in [1.54, 1.807) is 37.7 Å². The predicted octanol–water partition coefficient (Wildman–Crippen LogP) is 2.36. The van der Waals surface area contributed by atoms with Crippen LogP contribution in [0.2, 0.25) is 0 Å². The van der Waals surface area contributed by atoms with E-state index in [9.17, 15) is 4.79 Å². The molecule has 3 rings (SSSR count). The molecule has 128 valence electrons. The summed E-state index contributed by atoms with van der Waals surface area (Å²) in [6.45, 7) is 0.211. The third-order valence-electron chi connectivity index (χ3n) is 3.40. The topological polar surface area (TPSA) is 92.4 Å². The molecule has 0 aliphatic carbocycles. The maximum Gasteiger partial charge on any atom is 0.246 e. The first-order valence-electron chi connectivity index (χ1n) is 7.50. The molecule has 1 N–H and O–H groups in total. The lowest BCUT2D eigenvalue weighted by molar-refractivity contribution is -0.125. The molecule has 0 aromatic carbocycles. The fraction of sp³-hybridized carbons (Fsp3) is 0.176. The summed E-state index contributed by atoms with van der Waals surface area (Å²) in [6, 6.07) is 5.41. The van der Waals surface area contributed by atoms with Gasteiger partial charge in [0.1, 0.15) is 0 Å². The van der Waals surface area contributed by atoms with E-state index in [0.29, 0.717) is 11.7 Å². The van der Waals surface area contributed by atoms with Crippen molar-refractivity contribution in [3.63, 3.8) is 0 Å². The Morgan fingerprint density at radius 1 is 1.40 bits per heavy atom. The van der Waals surface area contributed by atoms with Gasteiger partial charge in [-0.05, 0) is 35.2 Å². The highest BCUT2D eigenvalue weighted by molar-refractivity contribution is 7.11. The van der Waals surface area contributed by atoms with E-state index < -0.39 is 0 Å². The van der Waals surface area contributed by atoms with E-state index in [-0.39, 0.29) is 19.1 Å². The van der Waals surface area contributed by atoms with E-state index in [1.807, 2.05) is 11.4 Å². The Kier molecular flexibility index (Phi) is 5.32. The second-order valence-corrected chi connectivity index (χ2v) is 6.23. The Morgan fingerprint density at radius 2 is 2.20 bits per heavy atom. The van der Waals surface area contributed by atoms with Crippen molar-refractivity contribution in [3.05, 3.63) is 58.4 Å². The van der Waals surface area contributed by atoms with E-state index in [2.05, 4.69) is 15.1 Å². The van der Waals surface area contributed by atoms with E-state index in [0.717, 1.165) is 16.0 Å². The molecule has 0 aliphatic heterocycles. The zero-order chi connectivity index (χ0) is 17.6. The molecule has 0 saturated carbocycles. The number of pyridine rings is 1. The zero-order valence-corrected chi connectivity index (χ0v) is 14.3. The summed E-state index contributed by atoms with van der Waals surface area (Å²) >= 11 is 1.47. The lowest BCUT2D eigenvalue weighted by atomic mass is 10.2. The average molecular weight is 356 g/mol. The summed E-state index contributed by atoms with van der Waals surface area (Å²) in [6.07, 6.45) is 6.50. The van der Waals surface area contributed by atoms with E-state index >= 15 is 0 Å². The van der Waals surface area contributed by atoms with E-state index in [4.69, 9.17) is 9.63 Å². The minimum absolute atomic E-state index is 0.00480. The van der Waals surface area contributed by atoms with Gasteiger partial charge < -0.3 is 14.5 Å². The summed E-state index contributed by atoms with van der Waals surface area (Å²) in [4.78, 5) is 22.8. The molecule has 3 aromatic heterocycles. The van der Waals surface area contributed by atoms with Crippen molar-refractivity contribution in [2.24, 2.45) is 0 Å². The number of nitrogens with zero attached hydrogens (tertiary/aromatic N) is 4. The van der Waals surface area contributed by atoms with Gasteiger partial charge in [-0.15, -0.1) is 11.3 Å². The Bertz CT molecular complexity index is 873. The number of aliphatic hydroxyl groups excluding tert-OH is 1. The normalized spacial score (nSPS) is 11.1. The smallest absolute Gasteiger partial charge is 0.246 e. The Morgan fingerprint density at radius 3 is 2.92 bits per heavy atom. The summed E-state index contributed by atoms with van der Waals surface area (Å²) < 4.78 is 5.20. The van der Waals surface area contributed by atoms with Crippen LogP contribution < -0.4 is 0 Å². The fourth-order valence-corrected chi connectivity index (χ4v) is 2.86. The highest BCUT2D eigenvalue weighted by Crippen LogP contribution is 2.17. The molecule has 0 atom stereocenters.